The van der Waals surface area contributed by atoms with Gasteiger partial charge in [-0.25, -0.2) is 4.98 Å². The number of nitro groups is 1. The molecule has 0 aliphatic rings. The summed E-state index contributed by atoms with van der Waals surface area (Å²) in [5.41, 5.74) is -0.0641. The first kappa shape index (κ1) is 25.5. The summed E-state index contributed by atoms with van der Waals surface area (Å²) in [6.45, 7) is 0.157. The number of carbonyl (C=O) groups is 1. The van der Waals surface area contributed by atoms with Gasteiger partial charge in [0.25, 0.3) is 0 Å². The van der Waals surface area contributed by atoms with Gasteiger partial charge in [-0.05, 0) is 12.8 Å². The third-order valence-corrected chi connectivity index (χ3v) is 5.07. The molecule has 2 aromatic heterocycles. The lowest BCUT2D eigenvalue weighted by atomic mass is 10.1. The van der Waals surface area contributed by atoms with Gasteiger partial charge in [-0.3, -0.25) is 14.9 Å². The number of unbranched alkanes of at least 4 members (excludes halogenated alkanes) is 8. The fourth-order valence-electron chi connectivity index (χ4n) is 3.27. The molecule has 0 unspecified atom stereocenters. The minimum Gasteiger partial charge on any atom is -0.463 e. The first-order valence-corrected chi connectivity index (χ1v) is 11.1. The molecule has 0 saturated heterocycles. The van der Waals surface area contributed by atoms with Crippen molar-refractivity contribution < 1.29 is 29.2 Å². The van der Waals surface area contributed by atoms with Crippen molar-refractivity contribution in [2.24, 2.45) is 0 Å². The smallest absolute Gasteiger partial charge is 0.333 e. The van der Waals surface area contributed by atoms with E-state index in [4.69, 9.17) is 19.5 Å². The summed E-state index contributed by atoms with van der Waals surface area (Å²) in [6.07, 6.45) is 11.4. The summed E-state index contributed by atoms with van der Waals surface area (Å²) >= 11 is 0. The van der Waals surface area contributed by atoms with Crippen LogP contribution >= 0.6 is 0 Å². The van der Waals surface area contributed by atoms with Crippen LogP contribution in [0.5, 0.6) is 0 Å². The third kappa shape index (κ3) is 8.75. The molecule has 0 aliphatic carbocycles. The van der Waals surface area contributed by atoms with Crippen LogP contribution < -0.4 is 5.32 Å². The van der Waals surface area contributed by atoms with Crippen molar-refractivity contribution >= 4 is 28.4 Å². The van der Waals surface area contributed by atoms with Crippen molar-refractivity contribution in [1.82, 2.24) is 10.1 Å². The number of carbonyl (C=O) groups excluding carboxylic acids is 1. The predicted octanol–water partition coefficient (Wildman–Crippen LogP) is 3.34. The molecule has 0 fully saturated rings. The number of nitrogens with one attached hydrogen (secondary N) is 1. The lowest BCUT2D eigenvalue weighted by molar-refractivity contribution is -0.384. The van der Waals surface area contributed by atoms with Gasteiger partial charge in [0, 0.05) is 13.0 Å². The van der Waals surface area contributed by atoms with E-state index in [1.54, 1.807) is 0 Å². The van der Waals surface area contributed by atoms with Gasteiger partial charge in [-0.15, -0.1) is 0 Å². The molecule has 178 valence electrons. The molecule has 11 nitrogen and oxygen atoms in total. The van der Waals surface area contributed by atoms with Gasteiger partial charge in [0.15, 0.2) is 0 Å². The highest BCUT2D eigenvalue weighted by Gasteiger charge is 2.19. The van der Waals surface area contributed by atoms with Crippen molar-refractivity contribution in [2.75, 3.05) is 25.1 Å². The molecule has 11 heteroatoms. The molecule has 0 radical (unpaired) electrons. The van der Waals surface area contributed by atoms with Crippen LogP contribution in [0.2, 0.25) is 0 Å². The Morgan fingerprint density at radius 3 is 2.44 bits per heavy atom. The van der Waals surface area contributed by atoms with Crippen molar-refractivity contribution in [1.29, 1.82) is 0 Å². The summed E-state index contributed by atoms with van der Waals surface area (Å²) in [6, 6.07) is 0. The Morgan fingerprint density at radius 1 is 1.12 bits per heavy atom. The van der Waals surface area contributed by atoms with Gasteiger partial charge in [-0.2, -0.15) is 0 Å². The number of aliphatic hydroxyl groups excluding tert-OH is 2. The van der Waals surface area contributed by atoms with E-state index in [0.29, 0.717) is 17.6 Å². The normalized spacial score (nSPS) is 12.1. The van der Waals surface area contributed by atoms with E-state index in [-0.39, 0.29) is 23.8 Å². The van der Waals surface area contributed by atoms with E-state index in [2.05, 4.69) is 15.5 Å². The van der Waals surface area contributed by atoms with Gasteiger partial charge < -0.3 is 24.8 Å². The van der Waals surface area contributed by atoms with Crippen LogP contribution in [0.4, 0.5) is 11.5 Å². The molecular formula is C21H32N4O7. The first-order valence-electron chi connectivity index (χ1n) is 11.1. The monoisotopic (exact) mass is 452 g/mol. The summed E-state index contributed by atoms with van der Waals surface area (Å²) in [7, 11) is 0. The van der Waals surface area contributed by atoms with Crippen LogP contribution in [0, 0.1) is 10.1 Å². The zero-order chi connectivity index (χ0) is 23.2. The van der Waals surface area contributed by atoms with Crippen molar-refractivity contribution in [3.8, 4) is 0 Å². The molecule has 0 aliphatic heterocycles. The summed E-state index contributed by atoms with van der Waals surface area (Å²) < 4.78 is 9.83. The van der Waals surface area contributed by atoms with Crippen LogP contribution in [-0.2, 0) is 9.53 Å². The van der Waals surface area contributed by atoms with Gasteiger partial charge >= 0.3 is 11.7 Å². The second-order valence-corrected chi connectivity index (χ2v) is 7.70. The molecule has 2 aromatic rings. The van der Waals surface area contributed by atoms with E-state index < -0.39 is 17.6 Å². The third-order valence-electron chi connectivity index (χ3n) is 5.07. The number of anilines is 1. The topological polar surface area (TPSA) is 161 Å². The SMILES string of the molecule is O=C(CCCCCCCCCCCNc1ncc([N+](=O)[O-])c2oncc12)OC[C@@H](O)CO. The average molecular weight is 453 g/mol. The molecule has 3 N–H and O–H groups in total. The summed E-state index contributed by atoms with van der Waals surface area (Å²) in [4.78, 5) is 26.0. The number of ether oxygens (including phenoxy) is 1. The number of aromatic nitrogens is 2. The molecule has 0 aromatic carbocycles. The Labute approximate surface area is 186 Å². The lowest BCUT2D eigenvalue weighted by Crippen LogP contribution is -2.21. The van der Waals surface area contributed by atoms with Crippen LogP contribution in [0.1, 0.15) is 64.2 Å². The van der Waals surface area contributed by atoms with Crippen LogP contribution in [-0.4, -0.2) is 57.1 Å². The summed E-state index contributed by atoms with van der Waals surface area (Å²) in [5.74, 6) is 0.208. The Bertz CT molecular complexity index is 843. The zero-order valence-corrected chi connectivity index (χ0v) is 18.2. The molecule has 0 bridgehead atoms. The standard InChI is InChI=1S/C21H32N4O7/c26-14-16(27)15-31-19(28)10-8-6-4-2-1-3-5-7-9-11-22-21-17-12-24-32-20(17)18(13-23-21)25(29)30/h12-13,16,26-27H,1-11,14-15H2,(H,22,23)/t16-/m0/s1. The van der Waals surface area contributed by atoms with Gasteiger partial charge in [0.05, 0.1) is 23.1 Å². The number of aliphatic hydroxyl groups is 2. The number of pyridine rings is 1. The minimum atomic E-state index is -1.00. The maximum atomic E-state index is 11.4. The highest BCUT2D eigenvalue weighted by Crippen LogP contribution is 2.29. The number of fused-ring (bicyclic) bond motifs is 1. The van der Waals surface area contributed by atoms with Crippen LogP contribution in [0.3, 0.4) is 0 Å². The molecule has 2 rings (SSSR count). The summed E-state index contributed by atoms with van der Waals surface area (Å²) in [5, 5.41) is 36.1. The second-order valence-electron chi connectivity index (χ2n) is 7.70. The average Bonchev–Trinajstić information content (AvgIpc) is 3.28. The fraction of sp³-hybridized carbons (Fsp3) is 0.667. The Hall–Kier alpha value is -2.79. The van der Waals surface area contributed by atoms with Gasteiger partial charge in [0.1, 0.15) is 24.7 Å². The van der Waals surface area contributed by atoms with E-state index in [1.165, 1.54) is 12.4 Å². The minimum absolute atomic E-state index is 0.130. The number of rotatable bonds is 17. The highest BCUT2D eigenvalue weighted by molar-refractivity contribution is 5.92. The number of esters is 1. The molecule has 1 atom stereocenters. The largest absolute Gasteiger partial charge is 0.463 e. The number of hydrogen-bond donors (Lipinski definition) is 3. The van der Waals surface area contributed by atoms with E-state index in [9.17, 15) is 14.9 Å². The van der Waals surface area contributed by atoms with Gasteiger partial charge in [-0.1, -0.05) is 50.1 Å². The quantitative estimate of drug-likeness (QED) is 0.140. The predicted molar refractivity (Wildman–Crippen MR) is 117 cm³/mol. The maximum Gasteiger partial charge on any atom is 0.333 e. The fourth-order valence-corrected chi connectivity index (χ4v) is 3.27. The van der Waals surface area contributed by atoms with E-state index in [0.717, 1.165) is 64.3 Å². The number of hydrogen-bond acceptors (Lipinski definition) is 10. The van der Waals surface area contributed by atoms with Crippen molar-refractivity contribution in [3.63, 3.8) is 0 Å². The van der Waals surface area contributed by atoms with Gasteiger partial charge in [0.2, 0.25) is 5.58 Å². The van der Waals surface area contributed by atoms with E-state index in [1.807, 2.05) is 0 Å². The Balaban J connectivity index is 1.45. The zero-order valence-electron chi connectivity index (χ0n) is 18.2. The second kappa shape index (κ2) is 14.3. The van der Waals surface area contributed by atoms with Crippen LogP contribution in [0.25, 0.3) is 11.0 Å². The van der Waals surface area contributed by atoms with E-state index >= 15 is 0 Å². The Morgan fingerprint density at radius 2 is 1.78 bits per heavy atom. The molecule has 2 heterocycles. The van der Waals surface area contributed by atoms with Crippen molar-refractivity contribution in [3.05, 3.63) is 22.5 Å². The molecular weight excluding hydrogens is 420 g/mol. The molecule has 0 amide bonds. The molecule has 0 saturated carbocycles. The maximum absolute atomic E-state index is 11.4. The lowest BCUT2D eigenvalue weighted by Gasteiger charge is -2.08. The Kier molecular flexibility index (Phi) is 11.4. The van der Waals surface area contributed by atoms with Crippen LogP contribution in [0.15, 0.2) is 16.9 Å². The van der Waals surface area contributed by atoms with Crippen molar-refractivity contribution in [2.45, 2.75) is 70.3 Å². The molecule has 0 spiro atoms. The first-order chi connectivity index (χ1) is 15.5. The highest BCUT2D eigenvalue weighted by atomic mass is 16.6. The molecule has 32 heavy (non-hydrogen) atoms. The number of nitrogens with zero attached hydrogens (tertiary/aromatic N) is 3.